The second kappa shape index (κ2) is 17.8. The Morgan fingerprint density at radius 2 is 1.27 bits per heavy atom. The molecule has 0 unspecified atom stereocenters. The number of carboxylic acids is 1. The molecule has 0 saturated heterocycles. The summed E-state index contributed by atoms with van der Waals surface area (Å²) in [5, 5.41) is 20.8. The second-order valence-electron chi connectivity index (χ2n) is 8.56. The summed E-state index contributed by atoms with van der Waals surface area (Å²) in [6.45, 7) is 13.6. The van der Waals surface area contributed by atoms with E-state index in [1.807, 2.05) is 38.1 Å². The number of carboxylic acid groups (broad SMARTS) is 1. The largest absolute Gasteiger partial charge is 0.545 e. The molecule has 7 heteroatoms. The van der Waals surface area contributed by atoms with Crippen molar-refractivity contribution in [1.29, 1.82) is 0 Å². The fourth-order valence-corrected chi connectivity index (χ4v) is 3.77. The van der Waals surface area contributed by atoms with Gasteiger partial charge in [-0.05, 0) is 51.3 Å². The van der Waals surface area contributed by atoms with Crippen LogP contribution in [0.1, 0.15) is 47.8 Å². The molecular formula is C30H42N2O5. The van der Waals surface area contributed by atoms with Crippen molar-refractivity contribution in [3.8, 4) is 0 Å². The highest BCUT2D eigenvalue weighted by atomic mass is 16.4. The summed E-state index contributed by atoms with van der Waals surface area (Å²) >= 11 is 0. The van der Waals surface area contributed by atoms with E-state index in [4.69, 9.17) is 5.11 Å². The van der Waals surface area contributed by atoms with Crippen LogP contribution in [0.15, 0.2) is 78.9 Å². The Kier molecular flexibility index (Phi) is 16.1. The lowest BCUT2D eigenvalue weighted by Crippen LogP contribution is -2.51. The van der Waals surface area contributed by atoms with E-state index >= 15 is 0 Å². The topological polar surface area (TPSA) is 121 Å². The van der Waals surface area contributed by atoms with Gasteiger partial charge in [0.1, 0.15) is 6.54 Å². The maximum absolute atomic E-state index is 12.7. The molecule has 7 nitrogen and oxygen atoms in total. The number of carbonyl (C=O) groups is 2. The van der Waals surface area contributed by atoms with Crippen molar-refractivity contribution < 1.29 is 29.8 Å². The number of anilines is 1. The smallest absolute Gasteiger partial charge is 0.279 e. The number of nitrogens with zero attached hydrogens (tertiary/aromatic N) is 1. The van der Waals surface area contributed by atoms with Crippen LogP contribution in [-0.4, -0.2) is 53.2 Å². The highest BCUT2D eigenvalue weighted by molar-refractivity contribution is 5.93. The number of benzene rings is 3. The number of hydrogen-bond acceptors (Lipinski definition) is 4. The zero-order chi connectivity index (χ0) is 27.0. The molecule has 0 spiro atoms. The summed E-state index contributed by atoms with van der Waals surface area (Å²) in [6, 6.07) is 24.6. The Hall–Kier alpha value is -3.52. The Balaban J connectivity index is 0.000000829. The van der Waals surface area contributed by atoms with Crippen LogP contribution in [0.2, 0.25) is 0 Å². The molecule has 0 atom stereocenters. The summed E-state index contributed by atoms with van der Waals surface area (Å²) in [6.07, 6.45) is 0. The Morgan fingerprint density at radius 1 is 0.811 bits per heavy atom. The predicted octanol–water partition coefficient (Wildman–Crippen LogP) is 3.52. The number of amides is 1. The van der Waals surface area contributed by atoms with Crippen LogP contribution in [0, 0.1) is 13.8 Å². The molecule has 0 fully saturated rings. The van der Waals surface area contributed by atoms with Crippen LogP contribution >= 0.6 is 0 Å². The number of aliphatic hydroxyl groups is 1. The first-order valence-electron chi connectivity index (χ1n) is 12.3. The SMILES string of the molecule is CCO.CC[N+](CC)(CC(=O)Nc1c(C)cccc1C)Cc1ccccc1.O.O=C([O-])c1ccccc1. The van der Waals surface area contributed by atoms with Gasteiger partial charge in [-0.3, -0.25) is 4.79 Å². The van der Waals surface area contributed by atoms with Gasteiger partial charge in [0.15, 0.2) is 6.54 Å². The first-order valence-corrected chi connectivity index (χ1v) is 12.3. The number of aromatic carboxylic acids is 1. The van der Waals surface area contributed by atoms with Gasteiger partial charge in [0.05, 0.1) is 19.1 Å². The summed E-state index contributed by atoms with van der Waals surface area (Å²) < 4.78 is 0.765. The lowest BCUT2D eigenvalue weighted by atomic mass is 10.1. The Morgan fingerprint density at radius 3 is 1.68 bits per heavy atom. The average molecular weight is 511 g/mol. The summed E-state index contributed by atoms with van der Waals surface area (Å²) in [5.74, 6) is -1.04. The summed E-state index contributed by atoms with van der Waals surface area (Å²) in [4.78, 5) is 22.8. The zero-order valence-electron chi connectivity index (χ0n) is 22.7. The molecule has 3 aromatic carbocycles. The van der Waals surface area contributed by atoms with Crippen molar-refractivity contribution in [1.82, 2.24) is 0 Å². The summed E-state index contributed by atoms with van der Waals surface area (Å²) in [5.41, 5.74) is 4.67. The molecule has 37 heavy (non-hydrogen) atoms. The van der Waals surface area contributed by atoms with Crippen molar-refractivity contribution in [3.05, 3.63) is 101 Å². The van der Waals surface area contributed by atoms with E-state index < -0.39 is 5.97 Å². The van der Waals surface area contributed by atoms with Crippen molar-refractivity contribution in [3.63, 3.8) is 0 Å². The average Bonchev–Trinajstić information content (AvgIpc) is 2.88. The van der Waals surface area contributed by atoms with E-state index in [0.29, 0.717) is 6.54 Å². The standard InChI is InChI=1S/C21H28N2O.C7H6O2.C2H6O.H2O/c1-5-23(6-2,15-19-13-8-7-9-14-19)16-20(24)22-21-17(3)11-10-12-18(21)4;8-7(9)6-4-2-1-3-5-6;1-2-3;/h7-14H,5-6,15-16H2,1-4H3;1-5H,(H,8,9);3H,2H2,1H3;1H2. The van der Waals surface area contributed by atoms with E-state index in [1.54, 1.807) is 25.1 Å². The van der Waals surface area contributed by atoms with E-state index in [0.717, 1.165) is 40.9 Å². The maximum atomic E-state index is 12.7. The van der Waals surface area contributed by atoms with E-state index in [2.05, 4.69) is 43.4 Å². The highest BCUT2D eigenvalue weighted by Crippen LogP contribution is 2.20. The van der Waals surface area contributed by atoms with Crippen LogP contribution in [-0.2, 0) is 11.3 Å². The van der Waals surface area contributed by atoms with Crippen LogP contribution in [0.4, 0.5) is 5.69 Å². The van der Waals surface area contributed by atoms with E-state index in [1.165, 1.54) is 17.7 Å². The van der Waals surface area contributed by atoms with E-state index in [-0.39, 0.29) is 23.6 Å². The number of hydrogen-bond donors (Lipinski definition) is 2. The molecule has 202 valence electrons. The first kappa shape index (κ1) is 33.5. The van der Waals surface area contributed by atoms with Crippen LogP contribution in [0.5, 0.6) is 0 Å². The minimum absolute atomic E-state index is 0. The number of para-hydroxylation sites is 1. The molecule has 0 heterocycles. The predicted molar refractivity (Wildman–Crippen MR) is 148 cm³/mol. The highest BCUT2D eigenvalue weighted by Gasteiger charge is 2.27. The van der Waals surface area contributed by atoms with Gasteiger partial charge in [-0.15, -0.1) is 0 Å². The van der Waals surface area contributed by atoms with E-state index in [9.17, 15) is 14.7 Å². The molecule has 0 aliphatic heterocycles. The number of likely N-dealkylation sites (N-methyl/N-ethyl adjacent to an activating group) is 1. The van der Waals surface area contributed by atoms with Gasteiger partial charge in [-0.1, -0.05) is 78.9 Å². The van der Waals surface area contributed by atoms with Crippen LogP contribution in [0.3, 0.4) is 0 Å². The normalized spacial score (nSPS) is 10.0. The minimum Gasteiger partial charge on any atom is -0.545 e. The molecule has 0 aromatic heterocycles. The molecule has 3 rings (SSSR count). The van der Waals surface area contributed by atoms with Gasteiger partial charge in [0, 0.05) is 17.9 Å². The molecular weight excluding hydrogens is 468 g/mol. The third-order valence-electron chi connectivity index (χ3n) is 5.94. The summed E-state index contributed by atoms with van der Waals surface area (Å²) in [7, 11) is 0. The van der Waals surface area contributed by atoms with Gasteiger partial charge in [-0.25, -0.2) is 0 Å². The molecule has 0 bridgehead atoms. The molecule has 0 saturated carbocycles. The molecule has 4 N–H and O–H groups in total. The number of rotatable bonds is 8. The van der Waals surface area contributed by atoms with Crippen molar-refractivity contribution in [2.45, 2.75) is 41.2 Å². The molecule has 3 aromatic rings. The van der Waals surface area contributed by atoms with Gasteiger partial charge in [-0.2, -0.15) is 0 Å². The third-order valence-corrected chi connectivity index (χ3v) is 5.94. The number of carbonyl (C=O) groups excluding carboxylic acids is 2. The lowest BCUT2D eigenvalue weighted by molar-refractivity contribution is -0.930. The fraction of sp³-hybridized carbons (Fsp3) is 0.333. The van der Waals surface area contributed by atoms with Gasteiger partial charge in [0.2, 0.25) is 0 Å². The lowest BCUT2D eigenvalue weighted by Gasteiger charge is -2.36. The maximum Gasteiger partial charge on any atom is 0.279 e. The Bertz CT molecular complexity index is 1030. The zero-order valence-corrected chi connectivity index (χ0v) is 22.7. The van der Waals surface area contributed by atoms with Crippen molar-refractivity contribution in [2.24, 2.45) is 0 Å². The monoisotopic (exact) mass is 510 g/mol. The molecule has 0 aliphatic carbocycles. The van der Waals surface area contributed by atoms with Gasteiger partial charge >= 0.3 is 0 Å². The van der Waals surface area contributed by atoms with Crippen LogP contribution < -0.4 is 10.4 Å². The minimum atomic E-state index is -1.13. The third kappa shape index (κ3) is 11.8. The van der Waals surface area contributed by atoms with Gasteiger partial charge < -0.3 is 30.3 Å². The van der Waals surface area contributed by atoms with Crippen molar-refractivity contribution >= 4 is 17.6 Å². The number of aliphatic hydroxyl groups excluding tert-OH is 1. The number of aryl methyl sites for hydroxylation is 2. The molecule has 0 radical (unpaired) electrons. The quantitative estimate of drug-likeness (QED) is 0.450. The number of quaternary nitrogens is 1. The van der Waals surface area contributed by atoms with Crippen molar-refractivity contribution in [2.75, 3.05) is 31.6 Å². The first-order chi connectivity index (χ1) is 17.2. The van der Waals surface area contributed by atoms with Gasteiger partial charge in [0.25, 0.3) is 5.91 Å². The van der Waals surface area contributed by atoms with Crippen LogP contribution in [0.25, 0.3) is 0 Å². The molecule has 0 aliphatic rings. The number of nitrogens with one attached hydrogen (secondary N) is 1. The Labute approximate surface area is 221 Å². The second-order valence-corrected chi connectivity index (χ2v) is 8.56. The molecule has 1 amide bonds. The fourth-order valence-electron chi connectivity index (χ4n) is 3.77.